The molecule has 7 heteroatoms. The smallest absolute Gasteiger partial charge is 0.258 e. The largest absolute Gasteiger partial charge is 0.481 e. The lowest BCUT2D eigenvalue weighted by atomic mass is 9.74. The summed E-state index contributed by atoms with van der Waals surface area (Å²) in [7, 11) is 0. The van der Waals surface area contributed by atoms with Gasteiger partial charge in [-0.2, -0.15) is 0 Å². The Hall–Kier alpha value is -2.70. The minimum atomic E-state index is -0.479. The van der Waals surface area contributed by atoms with Crippen molar-refractivity contribution in [2.75, 3.05) is 24.6 Å². The number of carbonyl (C=O) groups is 1. The summed E-state index contributed by atoms with van der Waals surface area (Å²) in [5.41, 5.74) is 1.97. The maximum absolute atomic E-state index is 13.7. The lowest BCUT2D eigenvalue weighted by Gasteiger charge is -2.36. The Morgan fingerprint density at radius 3 is 2.83 bits per heavy atom. The third-order valence-corrected chi connectivity index (χ3v) is 5.58. The van der Waals surface area contributed by atoms with Gasteiger partial charge in [-0.15, -0.1) is 0 Å². The number of anilines is 1. The molecule has 1 aromatic carbocycles. The van der Waals surface area contributed by atoms with E-state index in [1.165, 1.54) is 25.0 Å². The van der Waals surface area contributed by atoms with Gasteiger partial charge in [-0.1, -0.05) is 26.0 Å². The van der Waals surface area contributed by atoms with Crippen molar-refractivity contribution >= 4 is 11.9 Å². The summed E-state index contributed by atoms with van der Waals surface area (Å²) in [6.45, 7) is 6.12. The number of carbonyl (C=O) groups excluding carboxylic acids is 1. The number of aromatic nitrogens is 2. The average molecular weight is 398 g/mol. The normalized spacial score (nSPS) is 20.2. The number of nitrogens with zero attached hydrogens (tertiary/aromatic N) is 3. The second-order valence-electron chi connectivity index (χ2n) is 8.65. The van der Waals surface area contributed by atoms with Crippen molar-refractivity contribution in [1.29, 1.82) is 0 Å². The van der Waals surface area contributed by atoms with Crippen LogP contribution in [-0.2, 0) is 11.2 Å². The summed E-state index contributed by atoms with van der Waals surface area (Å²) >= 11 is 0. The number of amides is 1. The van der Waals surface area contributed by atoms with Crippen LogP contribution in [0.25, 0.3) is 0 Å². The minimum Gasteiger partial charge on any atom is -0.481 e. The van der Waals surface area contributed by atoms with E-state index in [1.807, 2.05) is 6.20 Å². The van der Waals surface area contributed by atoms with Crippen molar-refractivity contribution in [3.63, 3.8) is 0 Å². The van der Waals surface area contributed by atoms with Gasteiger partial charge in [0.05, 0.1) is 11.7 Å². The van der Waals surface area contributed by atoms with Crippen LogP contribution >= 0.6 is 0 Å². The van der Waals surface area contributed by atoms with Crippen LogP contribution in [0.5, 0.6) is 5.75 Å². The Morgan fingerprint density at radius 2 is 2.07 bits per heavy atom. The lowest BCUT2D eigenvalue weighted by molar-refractivity contribution is -0.124. The fourth-order valence-electron chi connectivity index (χ4n) is 4.18. The number of nitrogens with one attached hydrogen (secondary N) is 1. The van der Waals surface area contributed by atoms with Gasteiger partial charge >= 0.3 is 0 Å². The van der Waals surface area contributed by atoms with Crippen molar-refractivity contribution in [1.82, 2.24) is 15.3 Å². The van der Waals surface area contributed by atoms with Crippen molar-refractivity contribution in [2.45, 2.75) is 45.6 Å². The molecule has 0 spiro atoms. The van der Waals surface area contributed by atoms with Crippen LogP contribution in [-0.4, -0.2) is 35.6 Å². The third kappa shape index (κ3) is 4.49. The SMILES string of the molecule is CC1(C)Cc2nc(N3CCCC3)ncc2C(NC(=O)COc2ccccc2F)C1. The van der Waals surface area contributed by atoms with Gasteiger partial charge in [-0.3, -0.25) is 4.79 Å². The number of halogens is 1. The Morgan fingerprint density at radius 1 is 1.31 bits per heavy atom. The number of hydrogen-bond donors (Lipinski definition) is 1. The highest BCUT2D eigenvalue weighted by Crippen LogP contribution is 2.40. The molecular weight excluding hydrogens is 371 g/mol. The molecule has 29 heavy (non-hydrogen) atoms. The van der Waals surface area contributed by atoms with E-state index in [4.69, 9.17) is 9.72 Å². The first-order chi connectivity index (χ1) is 13.9. The molecule has 1 unspecified atom stereocenters. The molecule has 1 saturated heterocycles. The van der Waals surface area contributed by atoms with E-state index in [0.29, 0.717) is 0 Å². The van der Waals surface area contributed by atoms with E-state index in [2.05, 4.69) is 29.0 Å². The van der Waals surface area contributed by atoms with Crippen LogP contribution < -0.4 is 15.0 Å². The summed E-state index contributed by atoms with van der Waals surface area (Å²) in [6, 6.07) is 5.89. The predicted octanol–water partition coefficient (Wildman–Crippen LogP) is 3.42. The third-order valence-electron chi connectivity index (χ3n) is 5.58. The molecule has 1 aliphatic carbocycles. The van der Waals surface area contributed by atoms with Crippen molar-refractivity contribution < 1.29 is 13.9 Å². The summed E-state index contributed by atoms with van der Waals surface area (Å²) in [5, 5.41) is 3.03. The highest BCUT2D eigenvalue weighted by atomic mass is 19.1. The molecule has 154 valence electrons. The molecule has 2 aliphatic rings. The number of fused-ring (bicyclic) bond motifs is 1. The number of rotatable bonds is 5. The van der Waals surface area contributed by atoms with E-state index in [9.17, 15) is 9.18 Å². The molecule has 1 atom stereocenters. The molecule has 0 radical (unpaired) electrons. The first-order valence-electron chi connectivity index (χ1n) is 10.2. The molecule has 6 nitrogen and oxygen atoms in total. The zero-order valence-corrected chi connectivity index (χ0v) is 16.9. The van der Waals surface area contributed by atoms with Crippen molar-refractivity contribution in [2.24, 2.45) is 5.41 Å². The fourth-order valence-corrected chi connectivity index (χ4v) is 4.18. The Balaban J connectivity index is 1.47. The molecule has 4 rings (SSSR count). The van der Waals surface area contributed by atoms with Crippen LogP contribution in [0.2, 0.25) is 0 Å². The molecule has 1 fully saturated rings. The summed E-state index contributed by atoms with van der Waals surface area (Å²) in [4.78, 5) is 24.1. The zero-order chi connectivity index (χ0) is 20.4. The maximum atomic E-state index is 13.7. The van der Waals surface area contributed by atoms with Gasteiger partial charge in [0.25, 0.3) is 5.91 Å². The number of hydrogen-bond acceptors (Lipinski definition) is 5. The second kappa shape index (κ2) is 7.97. The quantitative estimate of drug-likeness (QED) is 0.836. The van der Waals surface area contributed by atoms with Crippen molar-refractivity contribution in [3.05, 3.63) is 47.5 Å². The molecule has 2 heterocycles. The first kappa shape index (κ1) is 19.6. The fraction of sp³-hybridized carbons (Fsp3) is 0.500. The molecule has 1 N–H and O–H groups in total. The van der Waals surface area contributed by atoms with E-state index < -0.39 is 5.82 Å². The van der Waals surface area contributed by atoms with Crippen LogP contribution in [0.4, 0.5) is 10.3 Å². The van der Waals surface area contributed by atoms with E-state index in [1.54, 1.807) is 12.1 Å². The van der Waals surface area contributed by atoms with Gasteiger partial charge in [0.15, 0.2) is 18.2 Å². The number of benzene rings is 1. The van der Waals surface area contributed by atoms with Gasteiger partial charge in [-0.05, 0) is 43.2 Å². The predicted molar refractivity (Wildman–Crippen MR) is 108 cm³/mol. The van der Waals surface area contributed by atoms with Crippen LogP contribution in [0.1, 0.15) is 50.4 Å². The summed E-state index contributed by atoms with van der Waals surface area (Å²) in [5.74, 6) is 0.0929. The van der Waals surface area contributed by atoms with Gasteiger partial charge in [0, 0.05) is 24.8 Å². The lowest BCUT2D eigenvalue weighted by Crippen LogP contribution is -2.39. The molecule has 0 saturated carbocycles. The Labute approximate surface area is 170 Å². The van der Waals surface area contributed by atoms with E-state index >= 15 is 0 Å². The van der Waals surface area contributed by atoms with Gasteiger partial charge in [-0.25, -0.2) is 14.4 Å². The van der Waals surface area contributed by atoms with Crippen LogP contribution in [0.15, 0.2) is 30.5 Å². The van der Waals surface area contributed by atoms with Crippen molar-refractivity contribution in [3.8, 4) is 5.75 Å². The molecular formula is C22H27FN4O2. The number of ether oxygens (including phenoxy) is 1. The highest BCUT2D eigenvalue weighted by molar-refractivity contribution is 5.78. The van der Waals surface area contributed by atoms with Gasteiger partial charge in [0.2, 0.25) is 5.95 Å². The monoisotopic (exact) mass is 398 g/mol. The van der Waals surface area contributed by atoms with Crippen LogP contribution in [0.3, 0.4) is 0 Å². The summed E-state index contributed by atoms with van der Waals surface area (Å²) < 4.78 is 19.0. The number of para-hydroxylation sites is 1. The van der Waals surface area contributed by atoms with Gasteiger partial charge in [0.1, 0.15) is 0 Å². The van der Waals surface area contributed by atoms with Crippen LogP contribution in [0, 0.1) is 11.2 Å². The molecule has 1 amide bonds. The minimum absolute atomic E-state index is 0.00791. The summed E-state index contributed by atoms with van der Waals surface area (Å²) in [6.07, 6.45) is 5.84. The van der Waals surface area contributed by atoms with E-state index in [0.717, 1.165) is 43.1 Å². The first-order valence-corrected chi connectivity index (χ1v) is 10.2. The highest BCUT2D eigenvalue weighted by Gasteiger charge is 2.35. The Kier molecular flexibility index (Phi) is 5.39. The maximum Gasteiger partial charge on any atom is 0.258 e. The topological polar surface area (TPSA) is 67.4 Å². The molecule has 1 aromatic heterocycles. The van der Waals surface area contributed by atoms with Gasteiger partial charge < -0.3 is 15.0 Å². The Bertz CT molecular complexity index is 896. The standard InChI is InChI=1S/C22H27FN4O2/c1-22(2)11-17(25-20(28)14-29-19-8-4-3-7-16(19)23)15-13-24-21(26-18(15)12-22)27-9-5-6-10-27/h3-4,7-8,13,17H,5-6,9-12,14H2,1-2H3,(H,25,28). The van der Waals surface area contributed by atoms with E-state index in [-0.39, 0.29) is 29.7 Å². The molecule has 1 aliphatic heterocycles. The zero-order valence-electron chi connectivity index (χ0n) is 16.9. The molecule has 2 aromatic rings. The second-order valence-corrected chi connectivity index (χ2v) is 8.65. The molecule has 0 bridgehead atoms. The average Bonchev–Trinajstić information content (AvgIpc) is 3.21.